The Kier molecular flexibility index (Phi) is 5.71. The highest BCUT2D eigenvalue weighted by Crippen LogP contribution is 2.49. The largest absolute Gasteiger partial charge is 0.337 e. The predicted molar refractivity (Wildman–Crippen MR) is 123 cm³/mol. The first kappa shape index (κ1) is 21.0. The zero-order valence-corrected chi connectivity index (χ0v) is 19.0. The number of anilines is 1. The van der Waals surface area contributed by atoms with Crippen molar-refractivity contribution in [2.75, 3.05) is 18.5 Å². The van der Waals surface area contributed by atoms with E-state index in [0.717, 1.165) is 27.4 Å². The van der Waals surface area contributed by atoms with E-state index < -0.39 is 10.0 Å². The molecule has 1 amide bonds. The third-order valence-electron chi connectivity index (χ3n) is 4.42. The molecule has 0 spiro atoms. The average molecular weight is 478 g/mol. The molecule has 0 aromatic heterocycles. The summed E-state index contributed by atoms with van der Waals surface area (Å²) >= 11 is 8.38. The van der Waals surface area contributed by atoms with Crippen molar-refractivity contribution in [1.82, 2.24) is 4.90 Å². The normalized spacial score (nSPS) is 20.2. The van der Waals surface area contributed by atoms with Crippen molar-refractivity contribution in [2.24, 2.45) is 4.40 Å². The summed E-state index contributed by atoms with van der Waals surface area (Å²) in [5.74, 6) is -0.299. The predicted octanol–water partition coefficient (Wildman–Crippen LogP) is 4.56. The third kappa shape index (κ3) is 3.78. The molecule has 0 unspecified atom stereocenters. The van der Waals surface area contributed by atoms with Crippen LogP contribution in [0.4, 0.5) is 5.69 Å². The topological polar surface area (TPSA) is 70.1 Å². The van der Waals surface area contributed by atoms with E-state index in [1.165, 1.54) is 47.0 Å². The van der Waals surface area contributed by atoms with Crippen molar-refractivity contribution in [1.29, 1.82) is 0 Å². The van der Waals surface area contributed by atoms with Gasteiger partial charge in [-0.1, -0.05) is 41.6 Å². The van der Waals surface area contributed by atoms with Crippen LogP contribution >= 0.6 is 35.1 Å². The molecule has 1 fully saturated rings. The fourth-order valence-corrected chi connectivity index (χ4v) is 6.62. The van der Waals surface area contributed by atoms with Gasteiger partial charge in [-0.15, -0.1) is 11.0 Å². The lowest BCUT2D eigenvalue weighted by Crippen LogP contribution is -2.30. The number of hydrogen-bond donors (Lipinski definition) is 0. The van der Waals surface area contributed by atoms with E-state index in [1.807, 2.05) is 36.2 Å². The number of benzene rings is 2. The lowest BCUT2D eigenvalue weighted by molar-refractivity contribution is -0.121. The number of amides is 1. The number of halogens is 1. The molecule has 0 aliphatic carbocycles. The van der Waals surface area contributed by atoms with E-state index in [9.17, 15) is 13.2 Å². The highest BCUT2D eigenvalue weighted by atomic mass is 35.5. The lowest BCUT2D eigenvalue weighted by Gasteiger charge is -2.15. The first-order valence-corrected chi connectivity index (χ1v) is 12.2. The summed E-state index contributed by atoms with van der Waals surface area (Å²) in [5, 5.41) is 1.27. The van der Waals surface area contributed by atoms with Crippen molar-refractivity contribution in [3.63, 3.8) is 0 Å². The van der Waals surface area contributed by atoms with Crippen LogP contribution in [0.5, 0.6) is 0 Å². The molecule has 4 rings (SSSR count). The van der Waals surface area contributed by atoms with Crippen molar-refractivity contribution < 1.29 is 13.2 Å². The van der Waals surface area contributed by atoms with Gasteiger partial charge in [0.25, 0.3) is 15.9 Å². The Morgan fingerprint density at radius 2 is 1.83 bits per heavy atom. The maximum Gasteiger partial charge on any atom is 0.284 e. The molecule has 154 valence electrons. The van der Waals surface area contributed by atoms with Gasteiger partial charge in [-0.25, -0.2) is 0 Å². The Bertz CT molecular complexity index is 1210. The first-order chi connectivity index (χ1) is 14.3. The van der Waals surface area contributed by atoms with Gasteiger partial charge in [-0.3, -0.25) is 9.69 Å². The minimum atomic E-state index is -4.01. The Morgan fingerprint density at radius 3 is 2.50 bits per heavy atom. The Labute approximate surface area is 188 Å². The number of fused-ring (bicyclic) bond motifs is 1. The molecule has 10 heteroatoms. The van der Waals surface area contributed by atoms with Gasteiger partial charge < -0.3 is 4.90 Å². The number of thioether (sulfide) groups is 2. The minimum Gasteiger partial charge on any atom is -0.337 e. The van der Waals surface area contributed by atoms with Crippen LogP contribution in [0.15, 0.2) is 85.3 Å². The van der Waals surface area contributed by atoms with Crippen LogP contribution < -0.4 is 4.90 Å². The van der Waals surface area contributed by atoms with Crippen molar-refractivity contribution >= 4 is 61.9 Å². The molecule has 2 heterocycles. The van der Waals surface area contributed by atoms with Gasteiger partial charge in [0.1, 0.15) is 4.91 Å². The third-order valence-corrected chi connectivity index (χ3v) is 8.50. The zero-order valence-electron chi connectivity index (χ0n) is 15.8. The summed E-state index contributed by atoms with van der Waals surface area (Å²) in [5.41, 5.74) is 0.993. The molecule has 30 heavy (non-hydrogen) atoms. The SMILES string of the molecule is C=CCN1C(=O)/C(=C2\Sc3ccccc3N2C)S/C1=N/S(=O)(=O)c1ccc(Cl)cc1. The van der Waals surface area contributed by atoms with Crippen molar-refractivity contribution in [3.8, 4) is 0 Å². The van der Waals surface area contributed by atoms with Crippen LogP contribution in [-0.2, 0) is 14.8 Å². The van der Waals surface area contributed by atoms with E-state index in [-0.39, 0.29) is 22.5 Å². The number of sulfonamides is 1. The van der Waals surface area contributed by atoms with Crippen LogP contribution in [0, 0.1) is 0 Å². The number of rotatable bonds is 4. The van der Waals surface area contributed by atoms with Gasteiger partial charge in [-0.05, 0) is 48.2 Å². The summed E-state index contributed by atoms with van der Waals surface area (Å²) < 4.78 is 29.5. The van der Waals surface area contributed by atoms with Crippen LogP contribution in [0.3, 0.4) is 0 Å². The highest BCUT2D eigenvalue weighted by molar-refractivity contribution is 8.19. The van der Waals surface area contributed by atoms with Gasteiger partial charge in [-0.2, -0.15) is 8.42 Å². The van der Waals surface area contributed by atoms with Gasteiger partial charge in [0.05, 0.1) is 15.6 Å². The van der Waals surface area contributed by atoms with Crippen molar-refractivity contribution in [2.45, 2.75) is 9.79 Å². The Hall–Kier alpha value is -2.20. The number of para-hydroxylation sites is 1. The number of carbonyl (C=O) groups is 1. The average Bonchev–Trinajstić information content (AvgIpc) is 3.20. The number of nitrogens with zero attached hydrogens (tertiary/aromatic N) is 3. The standard InChI is InChI=1S/C20H16ClN3O3S3/c1-3-12-24-18(25)17(19-23(2)15-6-4-5-7-16(15)28-19)29-20(24)22-30(26,27)14-10-8-13(21)9-11-14/h3-11H,1,12H2,2H3/b19-17+,22-20+. The summed E-state index contributed by atoms with van der Waals surface area (Å²) in [6.45, 7) is 3.83. The van der Waals surface area contributed by atoms with E-state index in [1.54, 1.807) is 0 Å². The van der Waals surface area contributed by atoms with Gasteiger partial charge in [0.2, 0.25) is 0 Å². The van der Waals surface area contributed by atoms with Gasteiger partial charge >= 0.3 is 0 Å². The second-order valence-electron chi connectivity index (χ2n) is 6.37. The second kappa shape index (κ2) is 8.14. The maximum atomic E-state index is 13.1. The summed E-state index contributed by atoms with van der Waals surface area (Å²) in [6.07, 6.45) is 1.54. The molecular weight excluding hydrogens is 462 g/mol. The smallest absolute Gasteiger partial charge is 0.284 e. The zero-order chi connectivity index (χ0) is 21.5. The van der Waals surface area contributed by atoms with E-state index in [4.69, 9.17) is 11.6 Å². The molecule has 2 aromatic rings. The lowest BCUT2D eigenvalue weighted by atomic mass is 10.3. The fourth-order valence-electron chi connectivity index (χ4n) is 2.96. The van der Waals surface area contributed by atoms with Crippen LogP contribution in [0.25, 0.3) is 0 Å². The molecule has 2 aliphatic rings. The molecule has 0 N–H and O–H groups in total. The molecule has 2 aliphatic heterocycles. The van der Waals surface area contributed by atoms with Crippen molar-refractivity contribution in [3.05, 3.63) is 76.1 Å². The molecule has 0 bridgehead atoms. The van der Waals surface area contributed by atoms with E-state index >= 15 is 0 Å². The van der Waals surface area contributed by atoms with Crippen LogP contribution in [0.1, 0.15) is 0 Å². The molecule has 0 radical (unpaired) electrons. The van der Waals surface area contributed by atoms with Gasteiger partial charge in [0.15, 0.2) is 5.17 Å². The van der Waals surface area contributed by atoms with Gasteiger partial charge in [0, 0.05) is 23.5 Å². The fraction of sp³-hybridized carbons (Fsp3) is 0.100. The van der Waals surface area contributed by atoms with Crippen LogP contribution in [0.2, 0.25) is 5.02 Å². The molecule has 0 atom stereocenters. The maximum absolute atomic E-state index is 13.1. The van der Waals surface area contributed by atoms with E-state index in [0.29, 0.717) is 9.93 Å². The monoisotopic (exact) mass is 477 g/mol. The highest BCUT2D eigenvalue weighted by Gasteiger charge is 2.39. The molecule has 6 nitrogen and oxygen atoms in total. The quantitative estimate of drug-likeness (QED) is 0.475. The number of amidine groups is 1. The Balaban J connectivity index is 1.75. The number of carbonyl (C=O) groups excluding carboxylic acids is 1. The molecule has 2 aromatic carbocycles. The molecular formula is C20H16ClN3O3S3. The number of hydrogen-bond acceptors (Lipinski definition) is 6. The minimum absolute atomic E-state index is 0.00636. The molecule has 0 saturated carbocycles. The summed E-state index contributed by atoms with van der Waals surface area (Å²) in [7, 11) is -2.13. The second-order valence-corrected chi connectivity index (χ2v) is 10.4. The summed E-state index contributed by atoms with van der Waals surface area (Å²) in [6, 6.07) is 13.6. The van der Waals surface area contributed by atoms with Crippen LogP contribution in [-0.4, -0.2) is 38.0 Å². The molecule has 1 saturated heterocycles. The Morgan fingerprint density at radius 1 is 1.13 bits per heavy atom. The van der Waals surface area contributed by atoms with E-state index in [2.05, 4.69) is 11.0 Å². The first-order valence-electron chi connectivity index (χ1n) is 8.78. The summed E-state index contributed by atoms with van der Waals surface area (Å²) in [4.78, 5) is 17.9.